The summed E-state index contributed by atoms with van der Waals surface area (Å²) in [7, 11) is 1.50. The van der Waals surface area contributed by atoms with Crippen LogP contribution < -0.4 is 4.74 Å². The Balaban J connectivity index is 2.57. The minimum atomic E-state index is -0.00104. The van der Waals surface area contributed by atoms with Crippen molar-refractivity contribution in [3.05, 3.63) is 23.8 Å². The van der Waals surface area contributed by atoms with E-state index < -0.39 is 0 Å². The molecule has 0 saturated carbocycles. The topological polar surface area (TPSA) is 55.5 Å². The zero-order valence-corrected chi connectivity index (χ0v) is 7.15. The van der Waals surface area contributed by atoms with E-state index in [1.54, 1.807) is 18.2 Å². The van der Waals surface area contributed by atoms with E-state index in [0.717, 1.165) is 11.1 Å². The highest BCUT2D eigenvalue weighted by Gasteiger charge is 2.05. The average molecular weight is 179 g/mol. The molecule has 0 spiro atoms. The van der Waals surface area contributed by atoms with E-state index in [2.05, 4.69) is 4.98 Å². The Bertz CT molecular complexity index is 420. The summed E-state index contributed by atoms with van der Waals surface area (Å²) in [6.45, 7) is -0.00104. The molecule has 1 aromatic heterocycles. The Morgan fingerprint density at radius 2 is 2.38 bits per heavy atom. The summed E-state index contributed by atoms with van der Waals surface area (Å²) < 4.78 is 10.0. The third kappa shape index (κ3) is 1.36. The number of nitrogens with zero attached hydrogens (tertiary/aromatic N) is 1. The minimum Gasteiger partial charge on any atom is -0.453 e. The fourth-order valence-corrected chi connectivity index (χ4v) is 1.13. The van der Waals surface area contributed by atoms with Crippen molar-refractivity contribution in [2.45, 2.75) is 6.61 Å². The van der Waals surface area contributed by atoms with Crippen LogP contribution in [0.4, 0.5) is 0 Å². The predicted molar refractivity (Wildman–Crippen MR) is 46.5 cm³/mol. The summed E-state index contributed by atoms with van der Waals surface area (Å²) in [5.41, 5.74) is 2.16. The molecule has 4 heteroatoms. The maximum Gasteiger partial charge on any atom is 0.394 e. The van der Waals surface area contributed by atoms with E-state index in [-0.39, 0.29) is 12.7 Å². The molecule has 0 atom stereocenters. The van der Waals surface area contributed by atoms with Crippen molar-refractivity contribution in [3.8, 4) is 6.08 Å². The van der Waals surface area contributed by atoms with Crippen LogP contribution in [-0.2, 0) is 6.61 Å². The molecule has 2 rings (SSSR count). The van der Waals surface area contributed by atoms with E-state index in [4.69, 9.17) is 14.3 Å². The van der Waals surface area contributed by atoms with Gasteiger partial charge in [-0.25, -0.2) is 0 Å². The van der Waals surface area contributed by atoms with Crippen LogP contribution in [0.5, 0.6) is 6.08 Å². The van der Waals surface area contributed by atoms with Crippen LogP contribution >= 0.6 is 0 Å². The third-order valence-electron chi connectivity index (χ3n) is 1.79. The first kappa shape index (κ1) is 8.07. The van der Waals surface area contributed by atoms with Gasteiger partial charge in [-0.05, 0) is 17.7 Å². The maximum atomic E-state index is 8.87. The number of fused-ring (bicyclic) bond motifs is 1. The number of benzene rings is 1. The first-order valence-electron chi connectivity index (χ1n) is 3.88. The van der Waals surface area contributed by atoms with Crippen LogP contribution in [-0.4, -0.2) is 17.2 Å². The Hall–Kier alpha value is -1.55. The number of hydrogen-bond donors (Lipinski definition) is 1. The van der Waals surface area contributed by atoms with E-state index in [1.807, 2.05) is 0 Å². The molecule has 0 saturated heterocycles. The fourth-order valence-electron chi connectivity index (χ4n) is 1.13. The molecule has 2 aromatic rings. The SMILES string of the molecule is COc1nc2ccc(CO)cc2o1. The van der Waals surface area contributed by atoms with Crippen LogP contribution in [0.1, 0.15) is 5.56 Å². The van der Waals surface area contributed by atoms with Gasteiger partial charge in [0.2, 0.25) is 0 Å². The standard InChI is InChI=1S/C9H9NO3/c1-12-9-10-7-3-2-6(5-11)4-8(7)13-9/h2-4,11H,5H2,1H3. The second-order valence-electron chi connectivity index (χ2n) is 2.64. The number of hydrogen-bond acceptors (Lipinski definition) is 4. The largest absolute Gasteiger partial charge is 0.453 e. The van der Waals surface area contributed by atoms with Gasteiger partial charge in [-0.15, -0.1) is 0 Å². The van der Waals surface area contributed by atoms with Crippen molar-refractivity contribution in [1.82, 2.24) is 4.98 Å². The molecule has 1 N–H and O–H groups in total. The van der Waals surface area contributed by atoms with Crippen molar-refractivity contribution in [1.29, 1.82) is 0 Å². The molecule has 0 amide bonds. The van der Waals surface area contributed by atoms with Crippen molar-refractivity contribution in [2.75, 3.05) is 7.11 Å². The average Bonchev–Trinajstić information content (AvgIpc) is 2.58. The second kappa shape index (κ2) is 3.06. The Labute approximate surface area is 74.8 Å². The first-order chi connectivity index (χ1) is 6.33. The molecule has 1 aromatic carbocycles. The molecule has 68 valence electrons. The highest BCUT2D eigenvalue weighted by atomic mass is 16.6. The van der Waals surface area contributed by atoms with Crippen LogP contribution in [0.2, 0.25) is 0 Å². The Morgan fingerprint density at radius 1 is 1.54 bits per heavy atom. The van der Waals surface area contributed by atoms with Crippen LogP contribution in [0.3, 0.4) is 0 Å². The minimum absolute atomic E-state index is 0.00104. The number of aromatic nitrogens is 1. The molecule has 4 nitrogen and oxygen atoms in total. The van der Waals surface area contributed by atoms with Gasteiger partial charge in [-0.1, -0.05) is 6.07 Å². The van der Waals surface area contributed by atoms with Crippen LogP contribution in [0.25, 0.3) is 11.1 Å². The van der Waals surface area contributed by atoms with E-state index in [9.17, 15) is 0 Å². The number of aliphatic hydroxyl groups excluding tert-OH is 1. The summed E-state index contributed by atoms with van der Waals surface area (Å²) in [5, 5.41) is 8.87. The lowest BCUT2D eigenvalue weighted by atomic mass is 10.2. The highest BCUT2D eigenvalue weighted by Crippen LogP contribution is 2.21. The van der Waals surface area contributed by atoms with Gasteiger partial charge in [0.1, 0.15) is 5.52 Å². The van der Waals surface area contributed by atoms with E-state index in [1.165, 1.54) is 7.11 Å². The van der Waals surface area contributed by atoms with Gasteiger partial charge in [0.25, 0.3) is 0 Å². The molecule has 0 aliphatic carbocycles. The van der Waals surface area contributed by atoms with Gasteiger partial charge in [0, 0.05) is 0 Å². The lowest BCUT2D eigenvalue weighted by Crippen LogP contribution is -1.80. The number of aliphatic hydroxyl groups is 1. The van der Waals surface area contributed by atoms with Gasteiger partial charge in [0.15, 0.2) is 5.58 Å². The first-order valence-corrected chi connectivity index (χ1v) is 3.88. The number of rotatable bonds is 2. The van der Waals surface area contributed by atoms with Crippen LogP contribution in [0, 0.1) is 0 Å². The van der Waals surface area contributed by atoms with Crippen molar-refractivity contribution < 1.29 is 14.3 Å². The highest BCUT2D eigenvalue weighted by molar-refractivity contribution is 5.73. The summed E-state index contributed by atoms with van der Waals surface area (Å²) in [5.74, 6) is 0. The molecule has 0 unspecified atom stereocenters. The number of methoxy groups -OCH3 is 1. The van der Waals surface area contributed by atoms with Gasteiger partial charge in [-0.2, -0.15) is 4.98 Å². The van der Waals surface area contributed by atoms with Gasteiger partial charge in [-0.3, -0.25) is 0 Å². The Morgan fingerprint density at radius 3 is 3.08 bits per heavy atom. The number of ether oxygens (including phenoxy) is 1. The smallest absolute Gasteiger partial charge is 0.394 e. The molecule has 0 aliphatic rings. The quantitative estimate of drug-likeness (QED) is 0.755. The van der Waals surface area contributed by atoms with Crippen LogP contribution in [0.15, 0.2) is 22.6 Å². The van der Waals surface area contributed by atoms with Crippen molar-refractivity contribution in [3.63, 3.8) is 0 Å². The maximum absolute atomic E-state index is 8.87. The van der Waals surface area contributed by atoms with Crippen molar-refractivity contribution >= 4 is 11.1 Å². The van der Waals surface area contributed by atoms with Gasteiger partial charge in [0.05, 0.1) is 13.7 Å². The Kier molecular flexibility index (Phi) is 1.90. The molecule has 0 radical (unpaired) electrons. The summed E-state index contributed by atoms with van der Waals surface area (Å²) >= 11 is 0. The molecule has 0 fully saturated rings. The van der Waals surface area contributed by atoms with Gasteiger partial charge < -0.3 is 14.3 Å². The third-order valence-corrected chi connectivity index (χ3v) is 1.79. The molecule has 0 bridgehead atoms. The summed E-state index contributed by atoms with van der Waals surface area (Å²) in [4.78, 5) is 4.04. The molecule has 0 aliphatic heterocycles. The normalized spacial score (nSPS) is 10.6. The molecular formula is C9H9NO3. The second-order valence-corrected chi connectivity index (χ2v) is 2.64. The summed E-state index contributed by atoms with van der Waals surface area (Å²) in [6.07, 6.45) is 0.241. The molecule has 1 heterocycles. The molecular weight excluding hydrogens is 170 g/mol. The fraction of sp³-hybridized carbons (Fsp3) is 0.222. The van der Waals surface area contributed by atoms with E-state index >= 15 is 0 Å². The van der Waals surface area contributed by atoms with Crippen molar-refractivity contribution in [2.24, 2.45) is 0 Å². The molecule has 13 heavy (non-hydrogen) atoms. The predicted octanol–water partition coefficient (Wildman–Crippen LogP) is 1.33. The van der Waals surface area contributed by atoms with Gasteiger partial charge >= 0.3 is 6.08 Å². The summed E-state index contributed by atoms with van der Waals surface area (Å²) in [6, 6.07) is 5.32. The zero-order chi connectivity index (χ0) is 9.26. The monoisotopic (exact) mass is 179 g/mol. The lowest BCUT2D eigenvalue weighted by Gasteiger charge is -1.92. The lowest BCUT2D eigenvalue weighted by molar-refractivity contribution is 0.281. The van der Waals surface area contributed by atoms with E-state index in [0.29, 0.717) is 5.58 Å². The zero-order valence-electron chi connectivity index (χ0n) is 7.15. The number of oxazole rings is 1.